The Morgan fingerprint density at radius 1 is 1.21 bits per heavy atom. The summed E-state index contributed by atoms with van der Waals surface area (Å²) in [4.78, 5) is 18.8. The number of amides is 1. The number of likely N-dealkylation sites (tertiary alicyclic amines) is 1. The van der Waals surface area contributed by atoms with Gasteiger partial charge in [-0.2, -0.15) is 13.2 Å². The summed E-state index contributed by atoms with van der Waals surface area (Å²) in [5, 5.41) is 3.57. The smallest absolute Gasteiger partial charge is 0.342 e. The molecule has 150 valence electrons. The fourth-order valence-corrected chi connectivity index (χ4v) is 4.22. The summed E-state index contributed by atoms with van der Waals surface area (Å²) in [5.74, 6) is 0.0595. The van der Waals surface area contributed by atoms with E-state index in [-0.39, 0.29) is 34.5 Å². The van der Waals surface area contributed by atoms with Crippen molar-refractivity contribution in [3.8, 4) is 0 Å². The van der Waals surface area contributed by atoms with Crippen molar-refractivity contribution in [2.24, 2.45) is 5.92 Å². The highest BCUT2D eigenvalue weighted by molar-refractivity contribution is 5.81. The van der Waals surface area contributed by atoms with Crippen molar-refractivity contribution in [1.82, 2.24) is 15.0 Å². The number of hydrogen-bond donors (Lipinski definition) is 0. The third-order valence-corrected chi connectivity index (χ3v) is 5.79. The zero-order chi connectivity index (χ0) is 19.9. The molecule has 8 heteroatoms. The maximum atomic E-state index is 13.5. The van der Waals surface area contributed by atoms with Crippen molar-refractivity contribution in [1.29, 1.82) is 0 Å². The molecule has 1 amide bonds. The van der Waals surface area contributed by atoms with Crippen LogP contribution < -0.4 is 0 Å². The van der Waals surface area contributed by atoms with Gasteiger partial charge in [-0.1, -0.05) is 17.3 Å². The lowest BCUT2D eigenvalue weighted by molar-refractivity contribution is -0.137. The number of hydrogen-bond acceptors (Lipinski definition) is 4. The van der Waals surface area contributed by atoms with Gasteiger partial charge in [-0.3, -0.25) is 4.79 Å². The van der Waals surface area contributed by atoms with E-state index in [2.05, 4.69) is 22.3 Å². The van der Waals surface area contributed by atoms with Gasteiger partial charge < -0.3 is 9.42 Å². The molecule has 1 saturated heterocycles. The van der Waals surface area contributed by atoms with Gasteiger partial charge in [-0.25, -0.2) is 4.98 Å². The van der Waals surface area contributed by atoms with Crippen LogP contribution in [-0.2, 0) is 11.0 Å². The number of nitrogens with zero attached hydrogens (tertiary/aromatic N) is 3. The van der Waals surface area contributed by atoms with E-state index in [4.69, 9.17) is 4.52 Å². The summed E-state index contributed by atoms with van der Waals surface area (Å²) in [6.45, 7) is 2.56. The van der Waals surface area contributed by atoms with Crippen molar-refractivity contribution in [3.63, 3.8) is 0 Å². The molecule has 1 atom stereocenters. The van der Waals surface area contributed by atoms with Crippen LogP contribution in [-0.4, -0.2) is 34.0 Å². The zero-order valence-electron chi connectivity index (χ0n) is 15.6. The van der Waals surface area contributed by atoms with Crippen molar-refractivity contribution >= 4 is 17.0 Å². The molecule has 2 aliphatic rings. The molecule has 5 nitrogen and oxygen atoms in total. The molecule has 2 aromatic rings. The first-order chi connectivity index (χ1) is 13.3. The Balaban J connectivity index is 1.52. The number of halogens is 3. The Hall–Kier alpha value is -2.38. The molecule has 0 N–H and O–H groups in total. The van der Waals surface area contributed by atoms with Crippen LogP contribution in [0.25, 0.3) is 11.1 Å². The summed E-state index contributed by atoms with van der Waals surface area (Å²) in [6, 6.07) is 1.13. The molecule has 2 aromatic heterocycles. The van der Waals surface area contributed by atoms with Crippen molar-refractivity contribution in [2.75, 3.05) is 13.1 Å². The quantitative estimate of drug-likeness (QED) is 0.699. The molecule has 0 unspecified atom stereocenters. The minimum Gasteiger partial charge on any atom is -0.342 e. The Morgan fingerprint density at radius 2 is 1.96 bits per heavy atom. The molecule has 0 spiro atoms. The van der Waals surface area contributed by atoms with Gasteiger partial charge in [0.25, 0.3) is 5.71 Å². The number of allylic oxidation sites excluding steroid dienone is 2. The van der Waals surface area contributed by atoms with E-state index in [9.17, 15) is 18.0 Å². The number of aryl methyl sites for hydroxylation is 1. The van der Waals surface area contributed by atoms with Crippen LogP contribution >= 0.6 is 0 Å². The molecule has 0 saturated carbocycles. The van der Waals surface area contributed by atoms with Crippen LogP contribution in [0, 0.1) is 12.8 Å². The lowest BCUT2D eigenvalue weighted by Crippen LogP contribution is -2.41. The van der Waals surface area contributed by atoms with Gasteiger partial charge in [0.15, 0.2) is 0 Å². The van der Waals surface area contributed by atoms with E-state index in [0.717, 1.165) is 25.3 Å². The second kappa shape index (κ2) is 7.22. The first-order valence-electron chi connectivity index (χ1n) is 9.62. The number of carbonyl (C=O) groups is 1. The highest BCUT2D eigenvalue weighted by Gasteiger charge is 2.37. The molecule has 0 bridgehead atoms. The second-order valence-electron chi connectivity index (χ2n) is 7.62. The number of piperidine rings is 1. The molecule has 1 aliphatic heterocycles. The Morgan fingerprint density at radius 3 is 2.61 bits per heavy atom. The number of fused-ring (bicyclic) bond motifs is 1. The van der Waals surface area contributed by atoms with E-state index in [1.54, 1.807) is 0 Å². The largest absolute Gasteiger partial charge is 0.417 e. The van der Waals surface area contributed by atoms with E-state index in [1.807, 2.05) is 4.90 Å². The standard InChI is InChI=1S/C20H22F3N3O2/c1-12-17-15(20(21,22)23)11-16(24-18(17)28-25-12)13-7-9-26(10-8-13)19(27)14-5-3-2-4-6-14/h2-3,11,13-14H,4-10H2,1H3/t14-/m1/s1. The SMILES string of the molecule is Cc1noc2nc(C3CCN(C(=O)[C@@H]4CC=CCC4)CC3)cc(C(F)(F)F)c12. The van der Waals surface area contributed by atoms with Crippen LogP contribution in [0.3, 0.4) is 0 Å². The lowest BCUT2D eigenvalue weighted by atomic mass is 9.89. The molecule has 4 rings (SSSR count). The van der Waals surface area contributed by atoms with Gasteiger partial charge in [0.2, 0.25) is 5.91 Å². The maximum absolute atomic E-state index is 13.5. The normalized spacial score (nSPS) is 21.4. The van der Waals surface area contributed by atoms with Crippen molar-refractivity contribution in [2.45, 2.75) is 51.1 Å². The summed E-state index contributed by atoms with van der Waals surface area (Å²) in [6.07, 6.45) is 3.40. The summed E-state index contributed by atoms with van der Waals surface area (Å²) in [5.41, 5.74) is -0.277. The third-order valence-electron chi connectivity index (χ3n) is 5.79. The van der Waals surface area contributed by atoms with E-state index in [1.165, 1.54) is 6.92 Å². The van der Waals surface area contributed by atoms with Gasteiger partial charge >= 0.3 is 6.18 Å². The van der Waals surface area contributed by atoms with E-state index < -0.39 is 11.7 Å². The molecule has 28 heavy (non-hydrogen) atoms. The summed E-state index contributed by atoms with van der Waals surface area (Å²) < 4.78 is 45.6. The van der Waals surface area contributed by atoms with E-state index in [0.29, 0.717) is 31.6 Å². The number of aromatic nitrogens is 2. The van der Waals surface area contributed by atoms with Crippen LogP contribution in [0.5, 0.6) is 0 Å². The van der Waals surface area contributed by atoms with Crippen molar-refractivity contribution in [3.05, 3.63) is 35.2 Å². The monoisotopic (exact) mass is 393 g/mol. The first-order valence-corrected chi connectivity index (χ1v) is 9.62. The maximum Gasteiger partial charge on any atom is 0.417 e. The van der Waals surface area contributed by atoms with Crippen molar-refractivity contribution < 1.29 is 22.5 Å². The predicted molar refractivity (Wildman–Crippen MR) is 96.6 cm³/mol. The molecular formula is C20H22F3N3O2. The average Bonchev–Trinajstić information content (AvgIpc) is 3.07. The van der Waals surface area contributed by atoms with Gasteiger partial charge in [-0.15, -0.1) is 0 Å². The Kier molecular flexibility index (Phi) is 4.89. The molecule has 0 aromatic carbocycles. The van der Waals surface area contributed by atoms with E-state index >= 15 is 0 Å². The number of rotatable bonds is 2. The number of alkyl halides is 3. The van der Waals surface area contributed by atoms with Crippen LogP contribution in [0.1, 0.15) is 55.0 Å². The van der Waals surface area contributed by atoms with Gasteiger partial charge in [0.05, 0.1) is 16.6 Å². The van der Waals surface area contributed by atoms with Crippen LogP contribution in [0.4, 0.5) is 13.2 Å². The first kappa shape index (κ1) is 19.0. The topological polar surface area (TPSA) is 59.2 Å². The molecule has 0 radical (unpaired) electrons. The highest BCUT2D eigenvalue weighted by atomic mass is 19.4. The highest BCUT2D eigenvalue weighted by Crippen LogP contribution is 2.39. The number of carbonyl (C=O) groups excluding carboxylic acids is 1. The molecule has 1 fully saturated rings. The molecule has 1 aliphatic carbocycles. The lowest BCUT2D eigenvalue weighted by Gasteiger charge is -2.34. The number of pyridine rings is 1. The van der Waals surface area contributed by atoms with Gasteiger partial charge in [0.1, 0.15) is 0 Å². The fraction of sp³-hybridized carbons (Fsp3) is 0.550. The summed E-state index contributed by atoms with van der Waals surface area (Å²) in [7, 11) is 0. The zero-order valence-corrected chi connectivity index (χ0v) is 15.6. The molecular weight excluding hydrogens is 371 g/mol. The van der Waals surface area contributed by atoms with Gasteiger partial charge in [0, 0.05) is 30.6 Å². The second-order valence-corrected chi connectivity index (χ2v) is 7.62. The Bertz CT molecular complexity index is 911. The minimum atomic E-state index is -4.50. The summed E-state index contributed by atoms with van der Waals surface area (Å²) >= 11 is 0. The average molecular weight is 393 g/mol. The minimum absolute atomic E-state index is 0.0324. The van der Waals surface area contributed by atoms with Crippen LogP contribution in [0.15, 0.2) is 22.7 Å². The predicted octanol–water partition coefficient (Wildman–Crippen LogP) is 4.61. The van der Waals surface area contributed by atoms with Gasteiger partial charge in [-0.05, 0) is 45.1 Å². The van der Waals surface area contributed by atoms with Crippen LogP contribution in [0.2, 0.25) is 0 Å². The fourth-order valence-electron chi connectivity index (χ4n) is 4.22. The molecule has 3 heterocycles. The Labute approximate surface area is 160 Å². The third kappa shape index (κ3) is 3.52.